The number of likely N-dealkylation sites (N-methyl/N-ethyl adjacent to an activating group) is 1. The number of aliphatic hydroxyl groups is 1. The Labute approximate surface area is 183 Å². The standard InChI is InChI=1S/C22H24N4O4S/c1-12(2)9-16-18(19(23)27)24-20(31-16)14-6-4-5-13(10-14)15-11-17(30-25-15)22(29)7-8-26(3)21(22)28/h4-6,10-12,29H,7-9H2,1-3H3,(H2,23,27). The normalized spacial score (nSPS) is 18.9. The van der Waals surface area contributed by atoms with Crippen molar-refractivity contribution >= 4 is 23.2 Å². The molecule has 3 heterocycles. The maximum absolute atomic E-state index is 12.3. The summed E-state index contributed by atoms with van der Waals surface area (Å²) in [7, 11) is 1.64. The van der Waals surface area contributed by atoms with Crippen molar-refractivity contribution in [2.45, 2.75) is 32.3 Å². The van der Waals surface area contributed by atoms with Gasteiger partial charge in [-0.25, -0.2) is 4.98 Å². The SMILES string of the molecule is CC(C)Cc1sc(-c2cccc(-c3cc(C4(O)CCN(C)C4=O)on3)c2)nc1C(N)=O. The van der Waals surface area contributed by atoms with Crippen LogP contribution in [0.5, 0.6) is 0 Å². The van der Waals surface area contributed by atoms with E-state index in [0.29, 0.717) is 28.9 Å². The zero-order valence-electron chi connectivity index (χ0n) is 17.6. The first-order valence-electron chi connectivity index (χ1n) is 10.0. The number of carbonyl (C=O) groups excluding carboxylic acids is 2. The van der Waals surface area contributed by atoms with E-state index in [1.165, 1.54) is 16.2 Å². The van der Waals surface area contributed by atoms with Gasteiger partial charge in [-0.05, 0) is 18.4 Å². The summed E-state index contributed by atoms with van der Waals surface area (Å²) in [4.78, 5) is 31.0. The summed E-state index contributed by atoms with van der Waals surface area (Å²) in [5, 5.41) is 15.5. The highest BCUT2D eigenvalue weighted by Crippen LogP contribution is 2.36. The fraction of sp³-hybridized carbons (Fsp3) is 0.364. The van der Waals surface area contributed by atoms with Gasteiger partial charge >= 0.3 is 0 Å². The molecule has 8 nitrogen and oxygen atoms in total. The molecule has 31 heavy (non-hydrogen) atoms. The molecule has 1 unspecified atom stereocenters. The van der Waals surface area contributed by atoms with Crippen LogP contribution in [0.15, 0.2) is 34.9 Å². The van der Waals surface area contributed by atoms with Crippen molar-refractivity contribution < 1.29 is 19.2 Å². The third-order valence-electron chi connectivity index (χ3n) is 5.36. The monoisotopic (exact) mass is 440 g/mol. The van der Waals surface area contributed by atoms with E-state index in [4.69, 9.17) is 10.3 Å². The lowest BCUT2D eigenvalue weighted by molar-refractivity contribution is -0.144. The molecule has 162 valence electrons. The molecule has 0 radical (unpaired) electrons. The second-order valence-corrected chi connectivity index (χ2v) is 9.33. The molecule has 1 saturated heterocycles. The number of rotatable bonds is 6. The Bertz CT molecular complexity index is 1150. The Morgan fingerprint density at radius 3 is 2.74 bits per heavy atom. The summed E-state index contributed by atoms with van der Waals surface area (Å²) in [5.41, 5.74) is 6.22. The topological polar surface area (TPSA) is 123 Å². The molecule has 4 rings (SSSR count). The number of hydrogen-bond donors (Lipinski definition) is 2. The number of nitrogens with zero attached hydrogens (tertiary/aromatic N) is 3. The van der Waals surface area contributed by atoms with E-state index < -0.39 is 17.4 Å². The lowest BCUT2D eigenvalue weighted by Crippen LogP contribution is -2.35. The van der Waals surface area contributed by atoms with Gasteiger partial charge in [0.05, 0.1) is 0 Å². The Morgan fingerprint density at radius 1 is 1.35 bits per heavy atom. The van der Waals surface area contributed by atoms with Gasteiger partial charge in [0, 0.05) is 42.1 Å². The second kappa shape index (κ2) is 7.90. The van der Waals surface area contributed by atoms with Gasteiger partial charge in [-0.1, -0.05) is 37.2 Å². The molecule has 1 aliphatic heterocycles. The molecule has 9 heteroatoms. The van der Waals surface area contributed by atoms with Gasteiger partial charge in [0.15, 0.2) is 5.76 Å². The van der Waals surface area contributed by atoms with E-state index in [2.05, 4.69) is 24.0 Å². The first-order valence-corrected chi connectivity index (χ1v) is 10.9. The number of carbonyl (C=O) groups is 2. The minimum absolute atomic E-state index is 0.131. The third-order valence-corrected chi connectivity index (χ3v) is 6.48. The van der Waals surface area contributed by atoms with Crippen LogP contribution in [-0.2, 0) is 16.8 Å². The fourth-order valence-corrected chi connectivity index (χ4v) is 4.95. The minimum atomic E-state index is -1.69. The first-order chi connectivity index (χ1) is 14.7. The lowest BCUT2D eigenvalue weighted by Gasteiger charge is -2.16. The van der Waals surface area contributed by atoms with Crippen molar-refractivity contribution in [3.63, 3.8) is 0 Å². The molecule has 1 aliphatic rings. The van der Waals surface area contributed by atoms with Gasteiger partial charge in [0.2, 0.25) is 5.60 Å². The fourth-order valence-electron chi connectivity index (χ4n) is 3.68. The highest BCUT2D eigenvalue weighted by Gasteiger charge is 2.48. The first kappa shape index (κ1) is 21.2. The summed E-state index contributed by atoms with van der Waals surface area (Å²) in [5.74, 6) is -0.431. The molecule has 0 bridgehead atoms. The van der Waals surface area contributed by atoms with Crippen LogP contribution in [0.25, 0.3) is 21.8 Å². The van der Waals surface area contributed by atoms with Crippen LogP contribution in [0.2, 0.25) is 0 Å². The van der Waals surface area contributed by atoms with Crippen molar-refractivity contribution in [2.75, 3.05) is 13.6 Å². The third kappa shape index (κ3) is 3.86. The van der Waals surface area contributed by atoms with Gasteiger partial charge in [0.25, 0.3) is 11.8 Å². The van der Waals surface area contributed by atoms with Crippen LogP contribution in [0.1, 0.15) is 41.4 Å². The number of aromatic nitrogens is 2. The molecule has 1 aromatic carbocycles. The maximum Gasteiger partial charge on any atom is 0.268 e. The quantitative estimate of drug-likeness (QED) is 0.608. The molecule has 3 N–H and O–H groups in total. The Kier molecular flexibility index (Phi) is 5.40. The zero-order valence-corrected chi connectivity index (χ0v) is 18.4. The van der Waals surface area contributed by atoms with Crippen molar-refractivity contribution in [3.8, 4) is 21.8 Å². The van der Waals surface area contributed by atoms with Crippen molar-refractivity contribution in [3.05, 3.63) is 46.7 Å². The van der Waals surface area contributed by atoms with E-state index in [1.54, 1.807) is 13.1 Å². The summed E-state index contributed by atoms with van der Waals surface area (Å²) >= 11 is 1.45. The molecular formula is C22H24N4O4S. The van der Waals surface area contributed by atoms with Gasteiger partial charge in [-0.15, -0.1) is 11.3 Å². The molecule has 0 spiro atoms. The van der Waals surface area contributed by atoms with Gasteiger partial charge < -0.3 is 20.3 Å². The molecule has 2 amide bonds. The molecule has 0 aliphatic carbocycles. The van der Waals surface area contributed by atoms with Crippen molar-refractivity contribution in [2.24, 2.45) is 11.7 Å². The molecule has 2 aromatic heterocycles. The largest absolute Gasteiger partial charge is 0.373 e. The smallest absolute Gasteiger partial charge is 0.268 e. The lowest BCUT2D eigenvalue weighted by atomic mass is 9.98. The molecule has 3 aromatic rings. The number of primary amides is 1. The number of benzene rings is 1. The van der Waals surface area contributed by atoms with Crippen LogP contribution >= 0.6 is 11.3 Å². The average Bonchev–Trinajstić information content (AvgIpc) is 3.44. The maximum atomic E-state index is 12.3. The zero-order chi connectivity index (χ0) is 22.3. The summed E-state index contributed by atoms with van der Waals surface area (Å²) in [6.07, 6.45) is 0.980. The Hall–Kier alpha value is -3.04. The predicted molar refractivity (Wildman–Crippen MR) is 116 cm³/mol. The van der Waals surface area contributed by atoms with Crippen LogP contribution in [-0.4, -0.2) is 45.6 Å². The van der Waals surface area contributed by atoms with Crippen molar-refractivity contribution in [1.29, 1.82) is 0 Å². The summed E-state index contributed by atoms with van der Waals surface area (Å²) in [6, 6.07) is 9.09. The van der Waals surface area contributed by atoms with E-state index in [9.17, 15) is 14.7 Å². The highest BCUT2D eigenvalue weighted by atomic mass is 32.1. The van der Waals surface area contributed by atoms with Crippen LogP contribution in [0.3, 0.4) is 0 Å². The number of thiazole rings is 1. The van der Waals surface area contributed by atoms with E-state index in [1.807, 2.05) is 24.3 Å². The number of hydrogen-bond acceptors (Lipinski definition) is 7. The van der Waals surface area contributed by atoms with E-state index >= 15 is 0 Å². The van der Waals surface area contributed by atoms with Crippen LogP contribution < -0.4 is 5.73 Å². The van der Waals surface area contributed by atoms with Gasteiger partial charge in [-0.3, -0.25) is 9.59 Å². The average molecular weight is 441 g/mol. The second-order valence-electron chi connectivity index (χ2n) is 8.25. The minimum Gasteiger partial charge on any atom is -0.373 e. The number of nitrogens with two attached hydrogens (primary N) is 1. The molecule has 0 saturated carbocycles. The van der Waals surface area contributed by atoms with Gasteiger partial charge in [0.1, 0.15) is 16.4 Å². The predicted octanol–water partition coefficient (Wildman–Crippen LogP) is 2.81. The molecular weight excluding hydrogens is 416 g/mol. The Balaban J connectivity index is 1.67. The van der Waals surface area contributed by atoms with Gasteiger partial charge in [-0.2, -0.15) is 0 Å². The molecule has 1 atom stereocenters. The Morgan fingerprint density at radius 2 is 2.10 bits per heavy atom. The number of amides is 2. The van der Waals surface area contributed by atoms with Crippen LogP contribution in [0.4, 0.5) is 0 Å². The van der Waals surface area contributed by atoms with E-state index in [-0.39, 0.29) is 12.2 Å². The number of likely N-dealkylation sites (tertiary alicyclic amines) is 1. The van der Waals surface area contributed by atoms with Crippen LogP contribution in [0, 0.1) is 5.92 Å². The van der Waals surface area contributed by atoms with Crippen molar-refractivity contribution in [1.82, 2.24) is 15.0 Å². The highest BCUT2D eigenvalue weighted by molar-refractivity contribution is 7.15. The summed E-state index contributed by atoms with van der Waals surface area (Å²) in [6.45, 7) is 4.60. The molecule has 1 fully saturated rings. The van der Waals surface area contributed by atoms with E-state index in [0.717, 1.165) is 22.4 Å². The summed E-state index contributed by atoms with van der Waals surface area (Å²) < 4.78 is 5.35.